The second kappa shape index (κ2) is 12.7. The van der Waals surface area contributed by atoms with Gasteiger partial charge in [-0.1, -0.05) is 57.0 Å². The Morgan fingerprint density at radius 2 is 1.41 bits per heavy atom. The summed E-state index contributed by atoms with van der Waals surface area (Å²) in [4.78, 5) is 11.1. The molecule has 0 saturated carbocycles. The SMILES string of the molecule is C=CC(=O)OCCCCCNc1cccc2c(O)c3cccc(NCCCCCC)c3c(O)c12. The first-order valence-corrected chi connectivity index (χ1v) is 12.2. The van der Waals surface area contributed by atoms with Crippen molar-refractivity contribution in [1.82, 2.24) is 0 Å². The second-order valence-corrected chi connectivity index (χ2v) is 8.50. The molecule has 182 valence electrons. The van der Waals surface area contributed by atoms with Crippen LogP contribution in [0.5, 0.6) is 11.5 Å². The highest BCUT2D eigenvalue weighted by atomic mass is 16.5. The van der Waals surface area contributed by atoms with Gasteiger partial charge >= 0.3 is 5.97 Å². The topological polar surface area (TPSA) is 90.8 Å². The van der Waals surface area contributed by atoms with Crippen LogP contribution in [0, 0.1) is 0 Å². The van der Waals surface area contributed by atoms with Gasteiger partial charge in [-0.3, -0.25) is 0 Å². The van der Waals surface area contributed by atoms with Gasteiger partial charge in [0.2, 0.25) is 0 Å². The summed E-state index contributed by atoms with van der Waals surface area (Å²) in [6.45, 7) is 7.47. The molecule has 4 N–H and O–H groups in total. The van der Waals surface area contributed by atoms with Crippen LogP contribution in [-0.4, -0.2) is 35.9 Å². The minimum Gasteiger partial charge on any atom is -0.507 e. The summed E-state index contributed by atoms with van der Waals surface area (Å²) in [5.74, 6) is -0.0600. The highest BCUT2D eigenvalue weighted by Gasteiger charge is 2.18. The molecule has 0 aliphatic heterocycles. The number of hydrogen-bond donors (Lipinski definition) is 4. The van der Waals surface area contributed by atoms with E-state index in [1.165, 1.54) is 25.3 Å². The number of anilines is 2. The van der Waals surface area contributed by atoms with Crippen LogP contribution >= 0.6 is 0 Å². The molecule has 3 aromatic carbocycles. The molecule has 34 heavy (non-hydrogen) atoms. The number of nitrogens with one attached hydrogen (secondary N) is 2. The normalized spacial score (nSPS) is 11.0. The average molecular weight is 465 g/mol. The lowest BCUT2D eigenvalue weighted by Gasteiger charge is -2.17. The average Bonchev–Trinajstić information content (AvgIpc) is 2.86. The van der Waals surface area contributed by atoms with Crippen molar-refractivity contribution in [2.45, 2.75) is 51.9 Å². The van der Waals surface area contributed by atoms with Crippen molar-refractivity contribution in [3.05, 3.63) is 49.1 Å². The third-order valence-corrected chi connectivity index (χ3v) is 6.01. The van der Waals surface area contributed by atoms with Gasteiger partial charge in [0.25, 0.3) is 0 Å². The van der Waals surface area contributed by atoms with E-state index in [0.717, 1.165) is 43.6 Å². The zero-order chi connectivity index (χ0) is 24.3. The van der Waals surface area contributed by atoms with Crippen molar-refractivity contribution in [2.24, 2.45) is 0 Å². The van der Waals surface area contributed by atoms with E-state index in [-0.39, 0.29) is 11.5 Å². The summed E-state index contributed by atoms with van der Waals surface area (Å²) in [6, 6.07) is 11.3. The van der Waals surface area contributed by atoms with E-state index in [1.54, 1.807) is 0 Å². The molecule has 0 spiro atoms. The molecule has 6 nitrogen and oxygen atoms in total. The number of esters is 1. The number of phenolic OH excluding ortho intramolecular Hbond substituents is 2. The lowest BCUT2D eigenvalue weighted by Crippen LogP contribution is -2.05. The number of carbonyl (C=O) groups is 1. The zero-order valence-electron chi connectivity index (χ0n) is 20.0. The fourth-order valence-corrected chi connectivity index (χ4v) is 4.21. The molecule has 0 fully saturated rings. The molecule has 0 saturated heterocycles. The Hall–Kier alpha value is -3.41. The van der Waals surface area contributed by atoms with Crippen LogP contribution in [0.15, 0.2) is 49.1 Å². The maximum Gasteiger partial charge on any atom is 0.330 e. The number of unbranched alkanes of at least 4 members (excludes halogenated alkanes) is 5. The van der Waals surface area contributed by atoms with Crippen LogP contribution in [0.2, 0.25) is 0 Å². The van der Waals surface area contributed by atoms with Crippen LogP contribution in [0.3, 0.4) is 0 Å². The second-order valence-electron chi connectivity index (χ2n) is 8.50. The minimum absolute atomic E-state index is 0.166. The smallest absolute Gasteiger partial charge is 0.330 e. The molecular weight excluding hydrogens is 428 g/mol. The molecule has 0 aliphatic carbocycles. The third-order valence-electron chi connectivity index (χ3n) is 6.01. The third kappa shape index (κ3) is 6.13. The van der Waals surface area contributed by atoms with Crippen LogP contribution in [-0.2, 0) is 9.53 Å². The molecule has 6 heteroatoms. The van der Waals surface area contributed by atoms with E-state index in [4.69, 9.17) is 4.74 Å². The summed E-state index contributed by atoms with van der Waals surface area (Å²) in [6.07, 6.45) is 8.35. The highest BCUT2D eigenvalue weighted by molar-refractivity contribution is 6.17. The maximum absolute atomic E-state index is 11.3. The van der Waals surface area contributed by atoms with Gasteiger partial charge in [-0.2, -0.15) is 0 Å². The van der Waals surface area contributed by atoms with Crippen molar-refractivity contribution in [2.75, 3.05) is 30.3 Å². The van der Waals surface area contributed by atoms with Gasteiger partial charge in [-0.15, -0.1) is 0 Å². The van der Waals surface area contributed by atoms with E-state index in [9.17, 15) is 15.0 Å². The predicted octanol–water partition coefficient (Wildman–Crippen LogP) is 6.71. The Morgan fingerprint density at radius 3 is 1.94 bits per heavy atom. The number of ether oxygens (including phenoxy) is 1. The van der Waals surface area contributed by atoms with Crippen LogP contribution in [0.25, 0.3) is 21.5 Å². The Morgan fingerprint density at radius 1 is 0.853 bits per heavy atom. The number of hydrogen-bond acceptors (Lipinski definition) is 6. The fraction of sp³-hybridized carbons (Fsp3) is 0.393. The van der Waals surface area contributed by atoms with Crippen LogP contribution in [0.1, 0.15) is 51.9 Å². The zero-order valence-corrected chi connectivity index (χ0v) is 20.0. The Balaban J connectivity index is 1.77. The molecule has 3 aromatic rings. The summed E-state index contributed by atoms with van der Waals surface area (Å²) < 4.78 is 5.00. The fourth-order valence-electron chi connectivity index (χ4n) is 4.21. The Kier molecular flexibility index (Phi) is 9.44. The number of fused-ring (bicyclic) bond motifs is 2. The number of rotatable bonds is 14. The van der Waals surface area contributed by atoms with E-state index in [0.29, 0.717) is 34.7 Å². The molecular formula is C28H36N2O4. The molecule has 0 heterocycles. The minimum atomic E-state index is -0.397. The molecule has 0 bridgehead atoms. The van der Waals surface area contributed by atoms with Crippen molar-refractivity contribution in [1.29, 1.82) is 0 Å². The molecule has 0 unspecified atom stereocenters. The van der Waals surface area contributed by atoms with Gasteiger partial charge < -0.3 is 25.6 Å². The van der Waals surface area contributed by atoms with Crippen LogP contribution in [0.4, 0.5) is 11.4 Å². The first kappa shape index (κ1) is 25.2. The summed E-state index contributed by atoms with van der Waals surface area (Å²) >= 11 is 0. The number of phenols is 2. The number of aromatic hydroxyl groups is 2. The van der Waals surface area contributed by atoms with Crippen molar-refractivity contribution in [3.8, 4) is 11.5 Å². The Bertz CT molecular complexity index is 1130. The van der Waals surface area contributed by atoms with Crippen LogP contribution < -0.4 is 10.6 Å². The standard InChI is InChI=1S/C28H36N2O4/c1-3-5-6-8-17-29-22-15-11-13-20-25(22)28(33)26-21(27(20)32)14-12-16-23(26)30-18-9-7-10-19-34-24(31)4-2/h4,11-16,29-30,32-33H,2-3,5-10,17-19H2,1H3. The largest absolute Gasteiger partial charge is 0.507 e. The molecule has 0 aliphatic rings. The lowest BCUT2D eigenvalue weighted by atomic mass is 9.98. The summed E-state index contributed by atoms with van der Waals surface area (Å²) in [5.41, 5.74) is 1.61. The van der Waals surface area contributed by atoms with E-state index in [1.807, 2.05) is 36.4 Å². The Labute approximate surface area is 201 Å². The van der Waals surface area contributed by atoms with E-state index >= 15 is 0 Å². The molecule has 0 radical (unpaired) electrons. The molecule has 3 rings (SSSR count). The van der Waals surface area contributed by atoms with Gasteiger partial charge in [0.15, 0.2) is 0 Å². The van der Waals surface area contributed by atoms with Gasteiger partial charge in [-0.05, 0) is 37.8 Å². The van der Waals surface area contributed by atoms with E-state index in [2.05, 4.69) is 24.1 Å². The van der Waals surface area contributed by atoms with Gasteiger partial charge in [0.05, 0.1) is 17.4 Å². The first-order chi connectivity index (χ1) is 16.6. The first-order valence-electron chi connectivity index (χ1n) is 12.2. The number of carbonyl (C=O) groups excluding carboxylic acids is 1. The quantitative estimate of drug-likeness (QED) is 0.0697. The molecule has 0 amide bonds. The van der Waals surface area contributed by atoms with Gasteiger partial charge in [-0.25, -0.2) is 4.79 Å². The van der Waals surface area contributed by atoms with Gasteiger partial charge in [0.1, 0.15) is 11.5 Å². The summed E-state index contributed by atoms with van der Waals surface area (Å²) in [7, 11) is 0. The van der Waals surface area contributed by atoms with Crippen molar-refractivity contribution < 1.29 is 19.7 Å². The lowest BCUT2D eigenvalue weighted by molar-refractivity contribution is -0.137. The van der Waals surface area contributed by atoms with Crippen molar-refractivity contribution >= 4 is 38.9 Å². The molecule has 0 atom stereocenters. The molecule has 0 aromatic heterocycles. The monoisotopic (exact) mass is 464 g/mol. The predicted molar refractivity (Wildman–Crippen MR) is 141 cm³/mol. The highest BCUT2D eigenvalue weighted by Crippen LogP contribution is 2.46. The van der Waals surface area contributed by atoms with E-state index < -0.39 is 5.97 Å². The maximum atomic E-state index is 11.3. The van der Waals surface area contributed by atoms with Crippen molar-refractivity contribution in [3.63, 3.8) is 0 Å². The number of benzene rings is 3. The summed E-state index contributed by atoms with van der Waals surface area (Å²) in [5, 5.41) is 31.7. The van der Waals surface area contributed by atoms with Gasteiger partial charge in [0, 0.05) is 41.3 Å².